The second kappa shape index (κ2) is 9.38. The van der Waals surface area contributed by atoms with Gasteiger partial charge < -0.3 is 10.0 Å². The predicted octanol–water partition coefficient (Wildman–Crippen LogP) is 5.32. The van der Waals surface area contributed by atoms with E-state index >= 15 is 0 Å². The van der Waals surface area contributed by atoms with Crippen LogP contribution >= 0.6 is 24.0 Å². The van der Waals surface area contributed by atoms with E-state index in [1.54, 1.807) is 11.8 Å². The molecule has 3 unspecified atom stereocenters. The number of benzene rings is 2. The van der Waals surface area contributed by atoms with Gasteiger partial charge in [-0.25, -0.2) is 0 Å². The van der Waals surface area contributed by atoms with Gasteiger partial charge in [0.25, 0.3) is 0 Å². The Morgan fingerprint density at radius 1 is 1.19 bits per heavy atom. The van der Waals surface area contributed by atoms with Crippen molar-refractivity contribution in [2.75, 3.05) is 0 Å². The Hall–Kier alpha value is -1.85. The van der Waals surface area contributed by atoms with Crippen molar-refractivity contribution in [2.45, 2.75) is 49.3 Å². The fourth-order valence-corrected chi connectivity index (χ4v) is 5.40. The molecule has 1 N–H and O–H groups in total. The molecule has 1 heterocycles. The summed E-state index contributed by atoms with van der Waals surface area (Å²) < 4.78 is 0. The number of hydrogen-bond donors (Lipinski definition) is 1. The van der Waals surface area contributed by atoms with Crippen LogP contribution in [0, 0.1) is 0 Å². The van der Waals surface area contributed by atoms with Crippen molar-refractivity contribution in [3.8, 4) is 0 Å². The highest BCUT2D eigenvalue weighted by Gasteiger charge is 2.34. The Balaban J connectivity index is 1.83. The van der Waals surface area contributed by atoms with Crippen molar-refractivity contribution in [3.63, 3.8) is 0 Å². The SMILES string of the molecule is CCC(SC1CC(=S)N(Cc2ccccc2)C(c2ccccc2)C1)C(=O)O. The molecule has 2 aromatic carbocycles. The standard InChI is InChI=1S/C22H25NO2S2/c1-2-20(22(24)25)27-18-13-19(17-11-7-4-8-12-17)23(21(26)14-18)15-16-9-5-3-6-10-16/h3-12,18-20H,2,13-15H2,1H3,(H,24,25). The molecule has 3 rings (SSSR count). The van der Waals surface area contributed by atoms with Crippen molar-refractivity contribution < 1.29 is 9.90 Å². The second-order valence-corrected chi connectivity index (χ2v) is 8.85. The van der Waals surface area contributed by atoms with Gasteiger partial charge in [0, 0.05) is 18.2 Å². The summed E-state index contributed by atoms with van der Waals surface area (Å²) in [5.41, 5.74) is 2.48. The maximum atomic E-state index is 11.5. The summed E-state index contributed by atoms with van der Waals surface area (Å²) in [7, 11) is 0. The maximum absolute atomic E-state index is 11.5. The number of thiocarbonyl (C=S) groups is 1. The quantitative estimate of drug-likeness (QED) is 0.639. The summed E-state index contributed by atoms with van der Waals surface area (Å²) in [6, 6.07) is 21.0. The molecule has 0 bridgehead atoms. The van der Waals surface area contributed by atoms with Gasteiger partial charge in [-0.2, -0.15) is 0 Å². The molecule has 142 valence electrons. The molecular weight excluding hydrogens is 374 g/mol. The normalized spacial score (nSPS) is 21.1. The van der Waals surface area contributed by atoms with Crippen LogP contribution < -0.4 is 0 Å². The number of rotatable bonds is 7. The van der Waals surface area contributed by atoms with Gasteiger partial charge >= 0.3 is 5.97 Å². The van der Waals surface area contributed by atoms with Crippen molar-refractivity contribution in [3.05, 3.63) is 71.8 Å². The lowest BCUT2D eigenvalue weighted by Crippen LogP contribution is -2.41. The topological polar surface area (TPSA) is 40.5 Å². The smallest absolute Gasteiger partial charge is 0.316 e. The van der Waals surface area contributed by atoms with Crippen LogP contribution in [0.5, 0.6) is 0 Å². The molecule has 1 fully saturated rings. The van der Waals surface area contributed by atoms with Gasteiger partial charge in [0.15, 0.2) is 0 Å². The molecular formula is C22H25NO2S2. The Morgan fingerprint density at radius 2 is 1.81 bits per heavy atom. The fraction of sp³-hybridized carbons (Fsp3) is 0.364. The highest BCUT2D eigenvalue weighted by Crippen LogP contribution is 2.40. The van der Waals surface area contributed by atoms with Gasteiger partial charge in [-0.1, -0.05) is 79.8 Å². The average molecular weight is 400 g/mol. The number of piperidine rings is 1. The molecule has 5 heteroatoms. The zero-order chi connectivity index (χ0) is 19.2. The van der Waals surface area contributed by atoms with Gasteiger partial charge in [0.1, 0.15) is 5.25 Å². The first-order chi connectivity index (χ1) is 13.1. The van der Waals surface area contributed by atoms with Crippen LogP contribution in [0.15, 0.2) is 60.7 Å². The molecule has 1 saturated heterocycles. The molecule has 2 aromatic rings. The molecule has 3 atom stereocenters. The van der Waals surface area contributed by atoms with Crippen LogP contribution in [0.1, 0.15) is 43.4 Å². The molecule has 0 amide bonds. The minimum Gasteiger partial charge on any atom is -0.480 e. The van der Waals surface area contributed by atoms with Crippen LogP contribution in [0.25, 0.3) is 0 Å². The van der Waals surface area contributed by atoms with E-state index in [0.717, 1.165) is 24.4 Å². The van der Waals surface area contributed by atoms with Crippen LogP contribution in [0.2, 0.25) is 0 Å². The fourth-order valence-electron chi connectivity index (χ4n) is 3.58. The predicted molar refractivity (Wildman–Crippen MR) is 116 cm³/mol. The van der Waals surface area contributed by atoms with Crippen LogP contribution in [0.3, 0.4) is 0 Å². The van der Waals surface area contributed by atoms with Gasteiger partial charge in [-0.15, -0.1) is 11.8 Å². The Morgan fingerprint density at radius 3 is 2.41 bits per heavy atom. The Labute approximate surface area is 170 Å². The van der Waals surface area contributed by atoms with Crippen molar-refractivity contribution >= 4 is 34.9 Å². The van der Waals surface area contributed by atoms with Gasteiger partial charge in [0.05, 0.1) is 11.0 Å². The molecule has 1 aliphatic rings. The Kier molecular flexibility index (Phi) is 6.91. The number of carbonyl (C=O) groups is 1. The second-order valence-electron chi connectivity index (χ2n) is 6.87. The molecule has 0 saturated carbocycles. The summed E-state index contributed by atoms with van der Waals surface area (Å²) in [5.74, 6) is -0.726. The third-order valence-electron chi connectivity index (χ3n) is 4.97. The first kappa shape index (κ1) is 19.9. The average Bonchev–Trinajstić information content (AvgIpc) is 2.69. The number of likely N-dealkylation sites (tertiary alicyclic amines) is 1. The van der Waals surface area contributed by atoms with Gasteiger partial charge in [-0.3, -0.25) is 4.79 Å². The van der Waals surface area contributed by atoms with Gasteiger partial charge in [-0.05, 0) is 24.0 Å². The van der Waals surface area contributed by atoms with E-state index in [1.807, 2.05) is 19.1 Å². The maximum Gasteiger partial charge on any atom is 0.316 e. The van der Waals surface area contributed by atoms with Crippen LogP contribution in [-0.4, -0.2) is 31.5 Å². The molecule has 3 nitrogen and oxygen atoms in total. The van der Waals surface area contributed by atoms with Crippen molar-refractivity contribution in [1.29, 1.82) is 0 Å². The molecule has 0 spiro atoms. The van der Waals surface area contributed by atoms with E-state index in [2.05, 4.69) is 53.4 Å². The molecule has 1 aliphatic heterocycles. The Bertz CT molecular complexity index is 766. The number of aliphatic carboxylic acids is 1. The lowest BCUT2D eigenvalue weighted by molar-refractivity contribution is -0.136. The lowest BCUT2D eigenvalue weighted by atomic mass is 9.94. The highest BCUT2D eigenvalue weighted by atomic mass is 32.2. The van der Waals surface area contributed by atoms with E-state index in [0.29, 0.717) is 6.42 Å². The number of hydrogen-bond acceptors (Lipinski definition) is 3. The van der Waals surface area contributed by atoms with Crippen LogP contribution in [-0.2, 0) is 11.3 Å². The summed E-state index contributed by atoms with van der Waals surface area (Å²) in [6.07, 6.45) is 2.30. The van der Waals surface area contributed by atoms with Gasteiger partial charge in [0.2, 0.25) is 0 Å². The minimum absolute atomic E-state index is 0.177. The third kappa shape index (κ3) is 5.11. The van der Waals surface area contributed by atoms with Crippen molar-refractivity contribution in [1.82, 2.24) is 4.90 Å². The van der Waals surface area contributed by atoms with Crippen LogP contribution in [0.4, 0.5) is 0 Å². The monoisotopic (exact) mass is 399 g/mol. The molecule has 0 aliphatic carbocycles. The molecule has 0 radical (unpaired) electrons. The highest BCUT2D eigenvalue weighted by molar-refractivity contribution is 8.01. The first-order valence-electron chi connectivity index (χ1n) is 9.35. The van der Waals surface area contributed by atoms with E-state index in [9.17, 15) is 9.90 Å². The first-order valence-corrected chi connectivity index (χ1v) is 10.7. The summed E-state index contributed by atoms with van der Waals surface area (Å²) in [5, 5.41) is 9.30. The summed E-state index contributed by atoms with van der Waals surface area (Å²) in [6.45, 7) is 2.72. The van der Waals surface area contributed by atoms with Crippen molar-refractivity contribution in [2.24, 2.45) is 0 Å². The van der Waals surface area contributed by atoms with E-state index < -0.39 is 5.97 Å². The largest absolute Gasteiger partial charge is 0.480 e. The summed E-state index contributed by atoms with van der Waals surface area (Å²) >= 11 is 7.37. The number of nitrogens with zero attached hydrogens (tertiary/aromatic N) is 1. The minimum atomic E-state index is -0.726. The van der Waals surface area contributed by atoms with E-state index in [1.165, 1.54) is 11.1 Å². The van der Waals surface area contributed by atoms with E-state index in [-0.39, 0.29) is 16.5 Å². The molecule has 27 heavy (non-hydrogen) atoms. The third-order valence-corrected chi connectivity index (χ3v) is 6.98. The number of thioether (sulfide) groups is 1. The number of carboxylic acid groups (broad SMARTS) is 1. The molecule has 0 aromatic heterocycles. The number of carboxylic acids is 1. The zero-order valence-corrected chi connectivity index (χ0v) is 17.1. The van der Waals surface area contributed by atoms with E-state index in [4.69, 9.17) is 12.2 Å². The zero-order valence-electron chi connectivity index (χ0n) is 15.5. The lowest BCUT2D eigenvalue weighted by Gasteiger charge is -2.42. The summed E-state index contributed by atoms with van der Waals surface area (Å²) in [4.78, 5) is 14.7.